The first-order valence-corrected chi connectivity index (χ1v) is 18.2. The van der Waals surface area contributed by atoms with Gasteiger partial charge in [0, 0.05) is 22.2 Å². The number of likely N-dealkylation sites (tertiary alicyclic amines) is 1. The summed E-state index contributed by atoms with van der Waals surface area (Å²) in [5, 5.41) is 40.9. The molecule has 0 radical (unpaired) electrons. The van der Waals surface area contributed by atoms with Crippen LogP contribution in [0, 0.1) is 0 Å². The monoisotopic (exact) mass is 750 g/mol. The van der Waals surface area contributed by atoms with Crippen LogP contribution in [0.3, 0.4) is 0 Å². The third kappa shape index (κ3) is 12.2. The summed E-state index contributed by atoms with van der Waals surface area (Å²) >= 11 is 1.74. The number of carboxylic acids is 4. The minimum absolute atomic E-state index is 0.247. The molecular weight excluding hydrogens is 704 g/mol. The molecule has 1 saturated carbocycles. The molecule has 1 aliphatic heterocycles. The van der Waals surface area contributed by atoms with Crippen LogP contribution in [0.15, 0.2) is 66.7 Å². The highest BCUT2D eigenvalue weighted by Gasteiger charge is 2.28. The normalized spacial score (nSPS) is 16.9. The molecule has 14 heteroatoms. The molecule has 0 unspecified atom stereocenters. The van der Waals surface area contributed by atoms with Crippen molar-refractivity contribution in [3.63, 3.8) is 0 Å². The van der Waals surface area contributed by atoms with Crippen molar-refractivity contribution >= 4 is 45.3 Å². The number of thiophene rings is 1. The molecule has 0 bridgehead atoms. The van der Waals surface area contributed by atoms with Crippen LogP contribution in [0.1, 0.15) is 49.7 Å². The summed E-state index contributed by atoms with van der Waals surface area (Å²) in [5.74, 6) is -5.12. The fourth-order valence-electron chi connectivity index (χ4n) is 6.42. The molecule has 4 aromatic rings. The van der Waals surface area contributed by atoms with Crippen LogP contribution >= 0.6 is 11.3 Å². The molecular formula is C39H46N2O11S. The first-order valence-electron chi connectivity index (χ1n) is 17.4. The number of ether oxygens (including phenoxy) is 2. The van der Waals surface area contributed by atoms with Crippen LogP contribution in [0.2, 0.25) is 0 Å². The molecule has 2 fully saturated rings. The molecule has 2 heterocycles. The van der Waals surface area contributed by atoms with Crippen molar-refractivity contribution in [1.82, 2.24) is 9.80 Å². The number of rotatable bonds is 10. The van der Waals surface area contributed by atoms with Gasteiger partial charge in [0.2, 0.25) is 0 Å². The molecule has 6 rings (SSSR count). The zero-order chi connectivity index (χ0) is 38.5. The lowest BCUT2D eigenvalue weighted by molar-refractivity contribution is -0.159. The van der Waals surface area contributed by atoms with E-state index in [1.54, 1.807) is 17.4 Å². The fourth-order valence-corrected chi connectivity index (χ4v) is 7.68. The average molecular weight is 751 g/mol. The Morgan fingerprint density at radius 3 is 1.94 bits per heavy atom. The van der Waals surface area contributed by atoms with Gasteiger partial charge >= 0.3 is 23.9 Å². The van der Waals surface area contributed by atoms with Gasteiger partial charge in [-0.2, -0.15) is 0 Å². The molecule has 1 aromatic heterocycles. The summed E-state index contributed by atoms with van der Waals surface area (Å²) in [6.07, 6.45) is 8.51. The van der Waals surface area contributed by atoms with Crippen LogP contribution in [-0.2, 0) is 25.6 Å². The molecule has 53 heavy (non-hydrogen) atoms. The van der Waals surface area contributed by atoms with E-state index < -0.39 is 23.9 Å². The smallest absolute Gasteiger partial charge is 0.414 e. The van der Waals surface area contributed by atoms with Gasteiger partial charge in [0.15, 0.2) is 0 Å². The van der Waals surface area contributed by atoms with Crippen molar-refractivity contribution in [2.45, 2.75) is 57.1 Å². The fraction of sp³-hybridized carbons (Fsp3) is 0.385. The Hall–Kier alpha value is -5.18. The number of aliphatic carboxylic acids is 4. The number of phenolic OH excluding ortho intramolecular Hbond substituents is 1. The van der Waals surface area contributed by atoms with E-state index in [0.29, 0.717) is 11.8 Å². The average Bonchev–Trinajstić information content (AvgIpc) is 3.78. The minimum Gasteiger partial charge on any atom is -0.508 e. The zero-order valence-electron chi connectivity index (χ0n) is 29.8. The molecule has 2 atom stereocenters. The number of hydrogen-bond donors (Lipinski definition) is 5. The summed E-state index contributed by atoms with van der Waals surface area (Å²) in [7, 11) is 4.32. The van der Waals surface area contributed by atoms with Crippen LogP contribution in [-0.4, -0.2) is 112 Å². The topological polar surface area (TPSA) is 194 Å². The van der Waals surface area contributed by atoms with Gasteiger partial charge in [0.25, 0.3) is 0 Å². The van der Waals surface area contributed by atoms with E-state index in [9.17, 15) is 5.11 Å². The van der Waals surface area contributed by atoms with Gasteiger partial charge in [0.05, 0.1) is 0 Å². The number of hydrogen-bond acceptors (Lipinski definition) is 10. The Balaban J connectivity index is 0.000000453. The third-order valence-corrected chi connectivity index (χ3v) is 10.3. The van der Waals surface area contributed by atoms with Crippen molar-refractivity contribution in [1.29, 1.82) is 0 Å². The maximum atomic E-state index is 10.2. The number of carboxylic acid groups (broad SMARTS) is 4. The van der Waals surface area contributed by atoms with Crippen molar-refractivity contribution < 1.29 is 54.2 Å². The summed E-state index contributed by atoms with van der Waals surface area (Å²) in [5.41, 5.74) is 3.72. The van der Waals surface area contributed by atoms with Gasteiger partial charge in [-0.25, -0.2) is 19.2 Å². The maximum Gasteiger partial charge on any atom is 0.414 e. The minimum atomic E-state index is -1.82. The molecule has 1 aliphatic carbocycles. The predicted molar refractivity (Wildman–Crippen MR) is 200 cm³/mol. The predicted octanol–water partition coefficient (Wildman–Crippen LogP) is 5.90. The van der Waals surface area contributed by atoms with E-state index in [0.717, 1.165) is 42.2 Å². The van der Waals surface area contributed by atoms with Crippen LogP contribution in [0.25, 0.3) is 20.5 Å². The van der Waals surface area contributed by atoms with E-state index >= 15 is 0 Å². The van der Waals surface area contributed by atoms with Gasteiger partial charge in [-0.3, -0.25) is 4.90 Å². The number of aromatic hydroxyl groups is 1. The van der Waals surface area contributed by atoms with E-state index in [4.69, 9.17) is 49.1 Å². The second-order valence-corrected chi connectivity index (χ2v) is 14.1. The summed E-state index contributed by atoms with van der Waals surface area (Å²) < 4.78 is 13.6. The van der Waals surface area contributed by atoms with E-state index in [1.807, 2.05) is 6.07 Å². The largest absolute Gasteiger partial charge is 0.508 e. The number of fused-ring (bicyclic) bond motifs is 1. The van der Waals surface area contributed by atoms with Crippen molar-refractivity contribution in [2.75, 3.05) is 40.3 Å². The first kappa shape index (κ1) is 40.6. The number of phenols is 1. The lowest BCUT2D eigenvalue weighted by Crippen LogP contribution is -2.44. The number of carbonyl (C=O) groups is 4. The number of nitrogens with zero attached hydrogens (tertiary/aromatic N) is 2. The van der Waals surface area contributed by atoms with Crippen LogP contribution in [0.4, 0.5) is 0 Å². The van der Waals surface area contributed by atoms with E-state index in [-0.39, 0.29) is 6.10 Å². The van der Waals surface area contributed by atoms with Crippen molar-refractivity contribution in [2.24, 2.45) is 0 Å². The molecule has 5 N–H and O–H groups in total. The highest BCUT2D eigenvalue weighted by Crippen LogP contribution is 2.41. The third-order valence-electron chi connectivity index (χ3n) is 9.06. The van der Waals surface area contributed by atoms with Crippen LogP contribution in [0.5, 0.6) is 17.2 Å². The lowest BCUT2D eigenvalue weighted by atomic mass is 9.91. The number of likely N-dealkylation sites (N-methyl/N-ethyl adjacent to an activating group) is 1. The summed E-state index contributed by atoms with van der Waals surface area (Å²) in [4.78, 5) is 42.4. The Morgan fingerprint density at radius 2 is 1.36 bits per heavy atom. The second kappa shape index (κ2) is 19.6. The van der Waals surface area contributed by atoms with Crippen molar-refractivity contribution in [3.8, 4) is 27.7 Å². The molecule has 1 saturated heterocycles. The van der Waals surface area contributed by atoms with E-state index in [2.05, 4.69) is 78.5 Å². The Kier molecular flexibility index (Phi) is 15.0. The SMILES string of the molecule is CN(C)[C@H]1CCCC[C@H]1Oc1ccc(Cc2c(-c3ccc(OCCN4CCCC4)cc3)sc3cc(O)ccc23)cc1.O=C(O)C(=O)O.O=C(O)C(=O)O. The molecule has 13 nitrogen and oxygen atoms in total. The maximum absolute atomic E-state index is 10.2. The highest BCUT2D eigenvalue weighted by atomic mass is 32.1. The Labute approximate surface area is 311 Å². The highest BCUT2D eigenvalue weighted by molar-refractivity contribution is 7.22. The van der Waals surface area contributed by atoms with E-state index in [1.165, 1.54) is 72.1 Å². The molecule has 0 amide bonds. The van der Waals surface area contributed by atoms with Gasteiger partial charge in [-0.05, 0) is 142 Å². The standard InChI is InChI=1S/C35H42N2O3S.2C2H2O4/c1-36(2)32-7-3-4-8-33(32)40-29-14-9-25(10-15-29)23-31-30-18-13-27(38)24-34(30)41-35(31)26-11-16-28(17-12-26)39-22-21-37-19-5-6-20-37;2*3-1(4)2(5)6/h9-18,24,32-33,38H,3-8,19-23H2,1-2H3;2*(H,3,4)(H,5,6)/t32-,33+;;/m0../s1. The molecule has 2 aliphatic rings. The van der Waals surface area contributed by atoms with Crippen molar-refractivity contribution in [3.05, 3.63) is 77.9 Å². The lowest BCUT2D eigenvalue weighted by Gasteiger charge is -2.36. The summed E-state index contributed by atoms with van der Waals surface area (Å²) in [6, 6.07) is 23.4. The Morgan fingerprint density at radius 1 is 0.774 bits per heavy atom. The molecule has 0 spiro atoms. The number of benzene rings is 3. The summed E-state index contributed by atoms with van der Waals surface area (Å²) in [6.45, 7) is 4.11. The van der Waals surface area contributed by atoms with Gasteiger partial charge in [-0.15, -0.1) is 11.3 Å². The molecule has 284 valence electrons. The first-order chi connectivity index (χ1) is 25.3. The Bertz CT molecular complexity index is 1790. The zero-order valence-corrected chi connectivity index (χ0v) is 30.6. The molecule has 3 aromatic carbocycles. The quantitative estimate of drug-likeness (QED) is 0.120. The van der Waals surface area contributed by atoms with Gasteiger partial charge < -0.3 is 39.9 Å². The van der Waals surface area contributed by atoms with Crippen LogP contribution < -0.4 is 9.47 Å². The second-order valence-electron chi connectivity index (χ2n) is 13.0. The van der Waals surface area contributed by atoms with Gasteiger partial charge in [-0.1, -0.05) is 18.6 Å². The van der Waals surface area contributed by atoms with Gasteiger partial charge in [0.1, 0.15) is 30.0 Å².